The third-order valence-corrected chi connectivity index (χ3v) is 3.53. The Hall–Kier alpha value is -2.25. The van der Waals surface area contributed by atoms with Crippen molar-refractivity contribution < 1.29 is 34.2 Å². The number of nitrogens with one attached hydrogen (secondary N) is 1. The summed E-state index contributed by atoms with van der Waals surface area (Å²) in [6.07, 6.45) is 1.48. The second kappa shape index (κ2) is 7.51. The van der Waals surface area contributed by atoms with Crippen LogP contribution in [-0.2, 0) is 24.0 Å². The molecule has 0 aromatic rings. The van der Waals surface area contributed by atoms with E-state index in [2.05, 4.69) is 5.32 Å². The van der Waals surface area contributed by atoms with E-state index in [0.29, 0.717) is 19.0 Å². The van der Waals surface area contributed by atoms with Gasteiger partial charge in [-0.25, -0.2) is 4.79 Å². The lowest BCUT2D eigenvalue weighted by Gasteiger charge is -2.29. The first kappa shape index (κ1) is 16.8. The molecule has 116 valence electrons. The van der Waals surface area contributed by atoms with Gasteiger partial charge >= 0.3 is 11.9 Å². The molecule has 0 saturated heterocycles. The van der Waals surface area contributed by atoms with Crippen LogP contribution < -0.4 is 5.32 Å². The second-order valence-corrected chi connectivity index (χ2v) is 5.19. The maximum Gasteiger partial charge on any atom is 0.326 e. The molecular formula is C13H17NO7. The van der Waals surface area contributed by atoms with Crippen molar-refractivity contribution in [3.63, 3.8) is 0 Å². The predicted molar refractivity (Wildman–Crippen MR) is 68.3 cm³/mol. The van der Waals surface area contributed by atoms with Gasteiger partial charge in [0.2, 0.25) is 5.91 Å². The molecule has 21 heavy (non-hydrogen) atoms. The Morgan fingerprint density at radius 3 is 1.95 bits per heavy atom. The topological polar surface area (TPSA) is 138 Å². The van der Waals surface area contributed by atoms with Crippen LogP contribution in [0.25, 0.3) is 0 Å². The predicted octanol–water partition coefficient (Wildman–Crippen LogP) is -0.539. The zero-order chi connectivity index (χ0) is 16.0. The Balaban J connectivity index is 2.71. The third-order valence-electron chi connectivity index (χ3n) is 3.53. The number of carbonyl (C=O) groups is 5. The van der Waals surface area contributed by atoms with E-state index in [4.69, 9.17) is 10.2 Å². The molecule has 0 aromatic carbocycles. The highest BCUT2D eigenvalue weighted by Crippen LogP contribution is 2.31. The second-order valence-electron chi connectivity index (χ2n) is 5.19. The minimum absolute atomic E-state index is 0.235. The van der Waals surface area contributed by atoms with Crippen molar-refractivity contribution in [2.75, 3.05) is 0 Å². The zero-order valence-electron chi connectivity index (χ0n) is 11.2. The summed E-state index contributed by atoms with van der Waals surface area (Å²) in [6.45, 7) is 0. The van der Waals surface area contributed by atoms with Gasteiger partial charge in [0, 0.05) is 17.8 Å². The number of amides is 1. The van der Waals surface area contributed by atoms with E-state index >= 15 is 0 Å². The number of hydrogen-bond acceptors (Lipinski definition) is 5. The molecule has 8 heteroatoms. The smallest absolute Gasteiger partial charge is 0.326 e. The SMILES string of the molecule is O=C[C@@H]1C[C@H](C=O)C[C@H](C(=O)NC(CC(=O)O)C(=O)O)C1. The summed E-state index contributed by atoms with van der Waals surface area (Å²) in [5.74, 6) is -4.94. The summed E-state index contributed by atoms with van der Waals surface area (Å²) in [6, 6.07) is -1.53. The van der Waals surface area contributed by atoms with Gasteiger partial charge in [0.15, 0.2) is 0 Å². The van der Waals surface area contributed by atoms with Crippen molar-refractivity contribution >= 4 is 30.4 Å². The number of carboxylic acids is 2. The highest BCUT2D eigenvalue weighted by molar-refractivity contribution is 5.88. The van der Waals surface area contributed by atoms with E-state index in [1.54, 1.807) is 0 Å². The van der Waals surface area contributed by atoms with E-state index in [-0.39, 0.29) is 12.8 Å². The van der Waals surface area contributed by atoms with Crippen LogP contribution in [0.4, 0.5) is 0 Å². The van der Waals surface area contributed by atoms with E-state index in [1.165, 1.54) is 0 Å². The van der Waals surface area contributed by atoms with Crippen molar-refractivity contribution in [1.82, 2.24) is 5.32 Å². The van der Waals surface area contributed by atoms with Crippen molar-refractivity contribution in [1.29, 1.82) is 0 Å². The molecule has 1 aliphatic carbocycles. The third kappa shape index (κ3) is 4.97. The molecule has 0 heterocycles. The number of aldehydes is 2. The molecule has 1 unspecified atom stereocenters. The number of carbonyl (C=O) groups excluding carboxylic acids is 3. The van der Waals surface area contributed by atoms with Crippen LogP contribution in [0, 0.1) is 17.8 Å². The minimum Gasteiger partial charge on any atom is -0.481 e. The minimum atomic E-state index is -1.53. The van der Waals surface area contributed by atoms with Gasteiger partial charge < -0.3 is 25.1 Å². The van der Waals surface area contributed by atoms with Crippen molar-refractivity contribution in [2.24, 2.45) is 17.8 Å². The van der Waals surface area contributed by atoms with E-state index < -0.39 is 48.1 Å². The molecule has 1 rings (SSSR count). The molecule has 1 aliphatic rings. The van der Waals surface area contributed by atoms with Gasteiger partial charge in [-0.1, -0.05) is 0 Å². The van der Waals surface area contributed by atoms with Gasteiger partial charge in [0.25, 0.3) is 0 Å². The highest BCUT2D eigenvalue weighted by atomic mass is 16.4. The van der Waals surface area contributed by atoms with Crippen LogP contribution in [0.5, 0.6) is 0 Å². The first-order chi connectivity index (χ1) is 9.87. The molecule has 8 nitrogen and oxygen atoms in total. The number of carboxylic acid groups (broad SMARTS) is 2. The van der Waals surface area contributed by atoms with Crippen LogP contribution in [-0.4, -0.2) is 46.7 Å². The quantitative estimate of drug-likeness (QED) is 0.537. The lowest BCUT2D eigenvalue weighted by Crippen LogP contribution is -2.46. The molecule has 0 bridgehead atoms. The van der Waals surface area contributed by atoms with Crippen molar-refractivity contribution in [2.45, 2.75) is 31.7 Å². The van der Waals surface area contributed by atoms with Gasteiger partial charge in [-0.05, 0) is 19.3 Å². The van der Waals surface area contributed by atoms with Gasteiger partial charge in [-0.15, -0.1) is 0 Å². The number of hydrogen-bond donors (Lipinski definition) is 3. The molecule has 1 saturated carbocycles. The summed E-state index contributed by atoms with van der Waals surface area (Å²) in [4.78, 5) is 55.2. The van der Waals surface area contributed by atoms with Crippen LogP contribution in [0.15, 0.2) is 0 Å². The van der Waals surface area contributed by atoms with E-state index in [1.807, 2.05) is 0 Å². The average molecular weight is 299 g/mol. The largest absolute Gasteiger partial charge is 0.481 e. The molecule has 3 N–H and O–H groups in total. The molecule has 0 aromatic heterocycles. The van der Waals surface area contributed by atoms with Crippen LogP contribution >= 0.6 is 0 Å². The fourth-order valence-corrected chi connectivity index (χ4v) is 2.51. The van der Waals surface area contributed by atoms with Crippen LogP contribution in [0.1, 0.15) is 25.7 Å². The van der Waals surface area contributed by atoms with Crippen molar-refractivity contribution in [3.8, 4) is 0 Å². The molecule has 1 amide bonds. The van der Waals surface area contributed by atoms with E-state index in [9.17, 15) is 24.0 Å². The zero-order valence-corrected chi connectivity index (χ0v) is 11.2. The lowest BCUT2D eigenvalue weighted by molar-refractivity contribution is -0.148. The van der Waals surface area contributed by atoms with Crippen molar-refractivity contribution in [3.05, 3.63) is 0 Å². The van der Waals surface area contributed by atoms with Gasteiger partial charge in [0.05, 0.1) is 6.42 Å². The summed E-state index contributed by atoms with van der Waals surface area (Å²) in [5.41, 5.74) is 0. The summed E-state index contributed by atoms with van der Waals surface area (Å²) < 4.78 is 0. The summed E-state index contributed by atoms with van der Waals surface area (Å²) in [7, 11) is 0. The number of aliphatic carboxylic acids is 2. The van der Waals surface area contributed by atoms with Gasteiger partial charge in [0.1, 0.15) is 18.6 Å². The Bertz CT molecular complexity index is 432. The normalized spacial score (nSPS) is 26.4. The molecule has 0 spiro atoms. The van der Waals surface area contributed by atoms with Gasteiger partial charge in [-0.3, -0.25) is 9.59 Å². The Labute approximate surface area is 120 Å². The molecule has 0 radical (unpaired) electrons. The first-order valence-electron chi connectivity index (χ1n) is 6.52. The van der Waals surface area contributed by atoms with Crippen LogP contribution in [0.2, 0.25) is 0 Å². The summed E-state index contributed by atoms with van der Waals surface area (Å²) >= 11 is 0. The fraction of sp³-hybridized carbons (Fsp3) is 0.615. The first-order valence-corrected chi connectivity index (χ1v) is 6.52. The monoisotopic (exact) mass is 299 g/mol. The average Bonchev–Trinajstić information content (AvgIpc) is 2.45. The van der Waals surface area contributed by atoms with Gasteiger partial charge in [-0.2, -0.15) is 0 Å². The Morgan fingerprint density at radius 1 is 1.05 bits per heavy atom. The molecular weight excluding hydrogens is 282 g/mol. The maximum absolute atomic E-state index is 12.0. The number of rotatable bonds is 7. The highest BCUT2D eigenvalue weighted by Gasteiger charge is 2.34. The lowest BCUT2D eigenvalue weighted by atomic mass is 9.76. The van der Waals surface area contributed by atoms with Crippen LogP contribution in [0.3, 0.4) is 0 Å². The standard InChI is InChI=1S/C13H17NO7/c15-5-7-1-8(6-16)3-9(2-7)12(19)14-10(13(20)21)4-11(17)18/h5-10H,1-4H2,(H,14,19)(H,17,18)(H,20,21)/t7-,8+,9-,10?. The Morgan fingerprint density at radius 2 is 1.57 bits per heavy atom. The molecule has 0 aliphatic heterocycles. The Kier molecular flexibility index (Phi) is 6.01. The fourth-order valence-electron chi connectivity index (χ4n) is 2.51. The molecule has 4 atom stereocenters. The summed E-state index contributed by atoms with van der Waals surface area (Å²) in [5, 5.41) is 19.6. The van der Waals surface area contributed by atoms with E-state index in [0.717, 1.165) is 0 Å². The molecule has 1 fully saturated rings. The maximum atomic E-state index is 12.0.